The molecule has 10 aromatic rings. The molecule has 0 saturated carbocycles. The second-order valence-corrected chi connectivity index (χ2v) is 29.0. The van der Waals surface area contributed by atoms with Crippen LogP contribution < -0.4 is 10.4 Å². The van der Waals surface area contributed by atoms with Crippen molar-refractivity contribution < 1.29 is 0 Å². The molecule has 0 N–H and O–H groups in total. The summed E-state index contributed by atoms with van der Waals surface area (Å²) in [6.45, 7) is 19.6. The van der Waals surface area contributed by atoms with Gasteiger partial charge in [0.2, 0.25) is 0 Å². The van der Waals surface area contributed by atoms with Crippen LogP contribution in [-0.2, 0) is 5.41 Å². The van der Waals surface area contributed by atoms with Gasteiger partial charge in [-0.25, -0.2) is 0 Å². The molecule has 0 unspecified atom stereocenters. The lowest BCUT2D eigenvalue weighted by Gasteiger charge is -2.24. The number of hydrogen-bond acceptors (Lipinski definition) is 0. The van der Waals surface area contributed by atoms with Gasteiger partial charge in [0.05, 0.1) is 16.1 Å². The van der Waals surface area contributed by atoms with E-state index < -0.39 is 16.1 Å². The smallest absolute Gasteiger partial charge is 0.0656 e. The third-order valence-electron chi connectivity index (χ3n) is 13.2. The number of rotatable bonds is 4. The summed E-state index contributed by atoms with van der Waals surface area (Å²) in [5.74, 6) is 0. The number of hydrogen-bond donors (Lipinski definition) is 0. The van der Waals surface area contributed by atoms with Gasteiger partial charge in [-0.3, -0.25) is 0 Å². The maximum Gasteiger partial charge on any atom is 0.0784 e. The first-order chi connectivity index (χ1) is 26.3. The predicted molar refractivity (Wildman–Crippen MR) is 248 cm³/mol. The highest BCUT2D eigenvalue weighted by Gasteiger charge is 2.36. The fourth-order valence-corrected chi connectivity index (χ4v) is 13.7. The normalized spacial score (nSPS) is 14.3. The second-order valence-electron chi connectivity index (χ2n) is 18.9. The van der Waals surface area contributed by atoms with Gasteiger partial charge in [0.25, 0.3) is 0 Å². The molecule has 1 aliphatic carbocycles. The van der Waals surface area contributed by atoms with Crippen molar-refractivity contribution in [3.05, 3.63) is 145 Å². The summed E-state index contributed by atoms with van der Waals surface area (Å²) in [5, 5.41) is 19.7. The van der Waals surface area contributed by atoms with Crippen molar-refractivity contribution in [3.8, 4) is 33.4 Å². The lowest BCUT2D eigenvalue weighted by molar-refractivity contribution is 0.661. The van der Waals surface area contributed by atoms with E-state index in [-0.39, 0.29) is 5.41 Å². The van der Waals surface area contributed by atoms with Crippen molar-refractivity contribution in [2.75, 3.05) is 0 Å². The van der Waals surface area contributed by atoms with E-state index in [0.717, 1.165) is 0 Å². The minimum Gasteiger partial charge on any atom is -0.0656 e. The molecule has 0 saturated heterocycles. The van der Waals surface area contributed by atoms with Gasteiger partial charge in [0.1, 0.15) is 0 Å². The Morgan fingerprint density at radius 2 is 0.636 bits per heavy atom. The zero-order valence-electron chi connectivity index (χ0n) is 33.2. The van der Waals surface area contributed by atoms with Crippen molar-refractivity contribution in [1.82, 2.24) is 0 Å². The Morgan fingerprint density at radius 1 is 0.327 bits per heavy atom. The molecule has 266 valence electrons. The SMILES string of the molecule is CC1(C)c2cc(-c3ccc4ccc5c([Si](C)(C)C)ccc6ccc3c4c65)ccc2-c2ccc(-c3ccc4ccc5c([Si](C)(C)C)ccc6ccc3c4c65)cc21. The van der Waals surface area contributed by atoms with Gasteiger partial charge in [-0.05, 0) is 121 Å². The van der Waals surface area contributed by atoms with E-state index in [4.69, 9.17) is 0 Å². The summed E-state index contributed by atoms with van der Waals surface area (Å²) < 4.78 is 0. The summed E-state index contributed by atoms with van der Waals surface area (Å²) in [5.41, 5.74) is 10.7. The van der Waals surface area contributed by atoms with Crippen LogP contribution in [0.3, 0.4) is 0 Å². The van der Waals surface area contributed by atoms with Crippen LogP contribution in [0.1, 0.15) is 25.0 Å². The fourth-order valence-electron chi connectivity index (χ4n) is 10.5. The molecule has 0 bridgehead atoms. The Bertz CT molecular complexity index is 3020. The number of benzene rings is 10. The Morgan fingerprint density at radius 3 is 1.02 bits per heavy atom. The van der Waals surface area contributed by atoms with E-state index in [0.29, 0.717) is 0 Å². The molecule has 0 fully saturated rings. The molecule has 0 nitrogen and oxygen atoms in total. The minimum atomic E-state index is -1.52. The van der Waals surface area contributed by atoms with Gasteiger partial charge in [-0.1, -0.05) is 185 Å². The molecule has 10 aromatic carbocycles. The van der Waals surface area contributed by atoms with Crippen LogP contribution in [0.2, 0.25) is 39.3 Å². The minimum absolute atomic E-state index is 0.136. The van der Waals surface area contributed by atoms with Gasteiger partial charge in [-0.2, -0.15) is 0 Å². The third-order valence-corrected chi connectivity index (χ3v) is 17.3. The van der Waals surface area contributed by atoms with E-state index >= 15 is 0 Å². The summed E-state index contributed by atoms with van der Waals surface area (Å²) in [4.78, 5) is 0. The first kappa shape index (κ1) is 33.1. The zero-order chi connectivity index (χ0) is 37.8. The van der Waals surface area contributed by atoms with E-state index in [1.165, 1.54) is 109 Å². The van der Waals surface area contributed by atoms with Crippen LogP contribution in [0.25, 0.3) is 98.0 Å². The largest absolute Gasteiger partial charge is 0.0784 e. The van der Waals surface area contributed by atoms with Crippen LogP contribution in [0, 0.1) is 0 Å². The van der Waals surface area contributed by atoms with Crippen molar-refractivity contribution in [2.45, 2.75) is 58.5 Å². The van der Waals surface area contributed by atoms with E-state index in [9.17, 15) is 0 Å². The second kappa shape index (κ2) is 10.9. The highest BCUT2D eigenvalue weighted by molar-refractivity contribution is 6.91. The van der Waals surface area contributed by atoms with Gasteiger partial charge in [-0.15, -0.1) is 0 Å². The Labute approximate surface area is 326 Å². The summed E-state index contributed by atoms with van der Waals surface area (Å²) in [6.07, 6.45) is 0. The Kier molecular flexibility index (Phi) is 6.58. The topological polar surface area (TPSA) is 0 Å². The van der Waals surface area contributed by atoms with Crippen LogP contribution in [0.5, 0.6) is 0 Å². The summed E-state index contributed by atoms with van der Waals surface area (Å²) in [7, 11) is -3.05. The standard InChI is InChI=1S/C53H46Si2/c1-53(2)45-29-35(37-19-9-31-13-25-43-47(54(3,4)5)27-17-33-11-23-41(37)49(31)51(33)43)15-21-39(45)40-22-16-36(30-46(40)53)38-20-10-32-14-26-44-48(55(6,7)8)28-18-34-12-24-42(38)50(32)52(34)44/h9-30H,1-8H3. The van der Waals surface area contributed by atoms with E-state index in [2.05, 4.69) is 187 Å². The molecular weight excluding hydrogens is 693 g/mol. The summed E-state index contributed by atoms with van der Waals surface area (Å²) in [6, 6.07) is 52.4. The Balaban J connectivity index is 1.05. The molecule has 2 heteroatoms. The zero-order valence-corrected chi connectivity index (χ0v) is 35.2. The average Bonchev–Trinajstić information content (AvgIpc) is 3.39. The average molecular weight is 739 g/mol. The molecule has 1 aliphatic rings. The maximum atomic E-state index is 2.50. The molecule has 0 atom stereocenters. The Hall–Kier alpha value is -5.29. The first-order valence-electron chi connectivity index (χ1n) is 20.0. The molecule has 0 aromatic heterocycles. The molecule has 0 aliphatic heterocycles. The van der Waals surface area contributed by atoms with Gasteiger partial charge >= 0.3 is 0 Å². The lowest BCUT2D eigenvalue weighted by Crippen LogP contribution is -2.38. The highest BCUT2D eigenvalue weighted by Crippen LogP contribution is 2.52. The van der Waals surface area contributed by atoms with Crippen LogP contribution in [-0.4, -0.2) is 16.1 Å². The molecule has 0 amide bonds. The molecular formula is C53H46Si2. The predicted octanol–water partition coefficient (Wildman–Crippen LogP) is 14.2. The fraction of sp³-hybridized carbons (Fsp3) is 0.170. The maximum absolute atomic E-state index is 2.50. The van der Waals surface area contributed by atoms with E-state index in [1.807, 2.05) is 0 Å². The monoisotopic (exact) mass is 738 g/mol. The van der Waals surface area contributed by atoms with Crippen LogP contribution >= 0.6 is 0 Å². The van der Waals surface area contributed by atoms with Crippen molar-refractivity contribution in [3.63, 3.8) is 0 Å². The summed E-state index contributed by atoms with van der Waals surface area (Å²) >= 11 is 0. The van der Waals surface area contributed by atoms with Gasteiger partial charge in [0.15, 0.2) is 0 Å². The quantitative estimate of drug-likeness (QED) is 0.125. The first-order valence-corrected chi connectivity index (χ1v) is 27.0. The van der Waals surface area contributed by atoms with Crippen molar-refractivity contribution in [1.29, 1.82) is 0 Å². The van der Waals surface area contributed by atoms with E-state index in [1.54, 1.807) is 10.4 Å². The van der Waals surface area contributed by atoms with Crippen molar-refractivity contribution >= 4 is 91.2 Å². The highest BCUT2D eigenvalue weighted by atomic mass is 28.3. The molecule has 0 radical (unpaired) electrons. The van der Waals surface area contributed by atoms with Gasteiger partial charge in [0, 0.05) is 5.41 Å². The number of fused-ring (bicyclic) bond motifs is 3. The molecule has 11 rings (SSSR count). The van der Waals surface area contributed by atoms with Crippen molar-refractivity contribution in [2.24, 2.45) is 0 Å². The molecule has 0 heterocycles. The van der Waals surface area contributed by atoms with Gasteiger partial charge < -0.3 is 0 Å². The van der Waals surface area contributed by atoms with Crippen LogP contribution in [0.4, 0.5) is 0 Å². The molecule has 0 spiro atoms. The lowest BCUT2D eigenvalue weighted by atomic mass is 9.80. The van der Waals surface area contributed by atoms with Crippen LogP contribution in [0.15, 0.2) is 133 Å². The third kappa shape index (κ3) is 4.56. The molecule has 55 heavy (non-hydrogen) atoms.